The standard InChI is InChI=1S/C12H11FN2O2/c1-2-5-10(16)15-11(12(14)17)8-6-3-4-7-9(8)13/h3-4,6-7,11H,1H3,(H2,14,17)(H,15,16). The molecule has 1 aromatic rings. The van der Waals surface area contributed by atoms with Gasteiger partial charge in [-0.1, -0.05) is 24.1 Å². The fourth-order valence-electron chi connectivity index (χ4n) is 1.29. The molecule has 4 nitrogen and oxygen atoms in total. The third kappa shape index (κ3) is 3.31. The van der Waals surface area contributed by atoms with E-state index in [0.29, 0.717) is 0 Å². The highest BCUT2D eigenvalue weighted by atomic mass is 19.1. The van der Waals surface area contributed by atoms with Crippen LogP contribution in [0.3, 0.4) is 0 Å². The summed E-state index contributed by atoms with van der Waals surface area (Å²) in [4.78, 5) is 22.4. The monoisotopic (exact) mass is 234 g/mol. The Labute approximate surface area is 98.0 Å². The van der Waals surface area contributed by atoms with Gasteiger partial charge in [0.05, 0.1) is 0 Å². The van der Waals surface area contributed by atoms with Crippen LogP contribution in [0.15, 0.2) is 24.3 Å². The van der Waals surface area contributed by atoms with E-state index in [2.05, 4.69) is 17.2 Å². The van der Waals surface area contributed by atoms with Gasteiger partial charge in [0, 0.05) is 5.56 Å². The molecule has 3 N–H and O–H groups in total. The van der Waals surface area contributed by atoms with Crippen molar-refractivity contribution >= 4 is 11.8 Å². The Bertz CT molecular complexity index is 503. The molecule has 0 aliphatic carbocycles. The summed E-state index contributed by atoms with van der Waals surface area (Å²) < 4.78 is 13.4. The van der Waals surface area contributed by atoms with Gasteiger partial charge in [-0.15, -0.1) is 0 Å². The zero-order valence-electron chi connectivity index (χ0n) is 9.16. The van der Waals surface area contributed by atoms with Gasteiger partial charge in [0.25, 0.3) is 5.91 Å². The number of halogens is 1. The van der Waals surface area contributed by atoms with Crippen molar-refractivity contribution in [3.63, 3.8) is 0 Å². The first-order valence-corrected chi connectivity index (χ1v) is 4.83. The number of nitrogens with one attached hydrogen (secondary N) is 1. The molecular formula is C12H11FN2O2. The number of hydrogen-bond acceptors (Lipinski definition) is 2. The maximum atomic E-state index is 13.4. The van der Waals surface area contributed by atoms with Gasteiger partial charge < -0.3 is 11.1 Å². The molecule has 5 heteroatoms. The maximum Gasteiger partial charge on any atom is 0.296 e. The Balaban J connectivity index is 3.01. The molecule has 0 aliphatic rings. The Morgan fingerprint density at radius 1 is 1.41 bits per heavy atom. The summed E-state index contributed by atoms with van der Waals surface area (Å²) in [6.45, 7) is 1.47. The average molecular weight is 234 g/mol. The maximum absolute atomic E-state index is 13.4. The second kappa shape index (κ2) is 5.66. The number of carbonyl (C=O) groups is 2. The van der Waals surface area contributed by atoms with Crippen LogP contribution in [-0.2, 0) is 9.59 Å². The Morgan fingerprint density at radius 3 is 2.59 bits per heavy atom. The molecule has 0 saturated heterocycles. The molecule has 0 radical (unpaired) electrons. The molecule has 0 aliphatic heterocycles. The number of benzene rings is 1. The van der Waals surface area contributed by atoms with Crippen molar-refractivity contribution in [2.24, 2.45) is 5.73 Å². The normalized spacial score (nSPS) is 10.9. The van der Waals surface area contributed by atoms with Crippen LogP contribution in [0.5, 0.6) is 0 Å². The Hall–Kier alpha value is -2.35. The lowest BCUT2D eigenvalue weighted by molar-refractivity contribution is -0.124. The Kier molecular flexibility index (Phi) is 4.23. The van der Waals surface area contributed by atoms with Gasteiger partial charge in [0.2, 0.25) is 5.91 Å². The molecule has 17 heavy (non-hydrogen) atoms. The summed E-state index contributed by atoms with van der Waals surface area (Å²) >= 11 is 0. The summed E-state index contributed by atoms with van der Waals surface area (Å²) in [7, 11) is 0. The second-order valence-corrected chi connectivity index (χ2v) is 3.21. The van der Waals surface area contributed by atoms with E-state index in [4.69, 9.17) is 5.73 Å². The van der Waals surface area contributed by atoms with Gasteiger partial charge in [0.1, 0.15) is 11.9 Å². The Morgan fingerprint density at radius 2 is 2.06 bits per heavy atom. The number of primary amides is 1. The number of hydrogen-bond donors (Lipinski definition) is 2. The summed E-state index contributed by atoms with van der Waals surface area (Å²) in [5, 5.41) is 2.25. The van der Waals surface area contributed by atoms with E-state index in [-0.39, 0.29) is 5.56 Å². The lowest BCUT2D eigenvalue weighted by atomic mass is 10.1. The number of carbonyl (C=O) groups excluding carboxylic acids is 2. The quantitative estimate of drug-likeness (QED) is 0.747. The van der Waals surface area contributed by atoms with Gasteiger partial charge in [0.15, 0.2) is 0 Å². The fourth-order valence-corrected chi connectivity index (χ4v) is 1.29. The predicted octanol–water partition coefficient (Wildman–Crippen LogP) is 0.492. The number of rotatable bonds is 3. The highest BCUT2D eigenvalue weighted by Crippen LogP contribution is 2.16. The van der Waals surface area contributed by atoms with E-state index in [9.17, 15) is 14.0 Å². The molecule has 0 saturated carbocycles. The van der Waals surface area contributed by atoms with Crippen molar-refractivity contribution in [1.82, 2.24) is 5.32 Å². The largest absolute Gasteiger partial charge is 0.368 e. The average Bonchev–Trinajstić information content (AvgIpc) is 2.27. The van der Waals surface area contributed by atoms with Crippen LogP contribution in [-0.4, -0.2) is 11.8 Å². The van der Waals surface area contributed by atoms with Gasteiger partial charge in [-0.25, -0.2) is 4.39 Å². The highest BCUT2D eigenvalue weighted by Gasteiger charge is 2.22. The van der Waals surface area contributed by atoms with Crippen molar-refractivity contribution in [3.8, 4) is 11.8 Å². The minimum Gasteiger partial charge on any atom is -0.368 e. The third-order valence-electron chi connectivity index (χ3n) is 2.01. The van der Waals surface area contributed by atoms with Crippen molar-refractivity contribution < 1.29 is 14.0 Å². The molecule has 0 aromatic heterocycles. The molecule has 2 amide bonds. The van der Waals surface area contributed by atoms with E-state index < -0.39 is 23.7 Å². The summed E-state index contributed by atoms with van der Waals surface area (Å²) in [5.74, 6) is 2.42. The van der Waals surface area contributed by atoms with Gasteiger partial charge in [-0.05, 0) is 18.9 Å². The van der Waals surface area contributed by atoms with Crippen LogP contribution in [0.2, 0.25) is 0 Å². The first-order valence-electron chi connectivity index (χ1n) is 4.83. The van der Waals surface area contributed by atoms with E-state index in [1.807, 2.05) is 0 Å². The van der Waals surface area contributed by atoms with Gasteiger partial charge >= 0.3 is 0 Å². The minimum atomic E-state index is -1.22. The van der Waals surface area contributed by atoms with Gasteiger partial charge in [-0.2, -0.15) is 0 Å². The molecule has 88 valence electrons. The van der Waals surface area contributed by atoms with Crippen LogP contribution in [0.25, 0.3) is 0 Å². The summed E-state index contributed by atoms with van der Waals surface area (Å²) in [5.41, 5.74) is 5.13. The molecular weight excluding hydrogens is 223 g/mol. The smallest absolute Gasteiger partial charge is 0.296 e. The minimum absolute atomic E-state index is 0.0197. The lowest BCUT2D eigenvalue weighted by Crippen LogP contribution is -2.37. The SMILES string of the molecule is CC#CC(=O)NC(C(N)=O)c1ccccc1F. The van der Waals surface area contributed by atoms with Crippen LogP contribution in [0, 0.1) is 17.7 Å². The van der Waals surface area contributed by atoms with E-state index in [0.717, 1.165) is 0 Å². The van der Waals surface area contributed by atoms with Gasteiger partial charge in [-0.3, -0.25) is 9.59 Å². The zero-order valence-corrected chi connectivity index (χ0v) is 9.16. The summed E-state index contributed by atoms with van der Waals surface area (Å²) in [6, 6.07) is 4.37. The van der Waals surface area contributed by atoms with Crippen molar-refractivity contribution in [3.05, 3.63) is 35.6 Å². The predicted molar refractivity (Wildman–Crippen MR) is 59.9 cm³/mol. The molecule has 0 fully saturated rings. The van der Waals surface area contributed by atoms with Crippen LogP contribution in [0.1, 0.15) is 18.5 Å². The number of nitrogens with two attached hydrogens (primary N) is 1. The first-order chi connectivity index (χ1) is 8.06. The molecule has 1 unspecified atom stereocenters. The van der Waals surface area contributed by atoms with Crippen LogP contribution < -0.4 is 11.1 Å². The van der Waals surface area contributed by atoms with E-state index >= 15 is 0 Å². The fraction of sp³-hybridized carbons (Fsp3) is 0.167. The van der Waals surface area contributed by atoms with Crippen molar-refractivity contribution in [2.45, 2.75) is 13.0 Å². The summed E-state index contributed by atoms with van der Waals surface area (Å²) in [6.07, 6.45) is 0. The first kappa shape index (κ1) is 12.7. The zero-order chi connectivity index (χ0) is 12.8. The van der Waals surface area contributed by atoms with Crippen molar-refractivity contribution in [1.29, 1.82) is 0 Å². The number of amides is 2. The van der Waals surface area contributed by atoms with Crippen molar-refractivity contribution in [2.75, 3.05) is 0 Å². The highest BCUT2D eigenvalue weighted by molar-refractivity contribution is 5.97. The molecule has 1 aromatic carbocycles. The molecule has 0 bridgehead atoms. The van der Waals surface area contributed by atoms with Crippen LogP contribution >= 0.6 is 0 Å². The molecule has 0 heterocycles. The van der Waals surface area contributed by atoms with Crippen LogP contribution in [0.4, 0.5) is 4.39 Å². The third-order valence-corrected chi connectivity index (χ3v) is 2.01. The lowest BCUT2D eigenvalue weighted by Gasteiger charge is -2.14. The second-order valence-electron chi connectivity index (χ2n) is 3.21. The van der Waals surface area contributed by atoms with E-state index in [1.54, 1.807) is 6.07 Å². The molecule has 0 spiro atoms. The molecule has 1 atom stereocenters. The van der Waals surface area contributed by atoms with E-state index in [1.165, 1.54) is 25.1 Å². The molecule has 1 rings (SSSR count). The topological polar surface area (TPSA) is 72.2 Å².